The van der Waals surface area contributed by atoms with E-state index < -0.39 is 5.97 Å². The van der Waals surface area contributed by atoms with Crippen molar-refractivity contribution in [3.63, 3.8) is 0 Å². The van der Waals surface area contributed by atoms with Gasteiger partial charge < -0.3 is 14.6 Å². The molecule has 1 heterocycles. The van der Waals surface area contributed by atoms with E-state index >= 15 is 0 Å². The molecule has 1 aromatic heterocycles. The van der Waals surface area contributed by atoms with Gasteiger partial charge in [0.15, 0.2) is 0 Å². The minimum atomic E-state index is -0.871. The van der Waals surface area contributed by atoms with Gasteiger partial charge in [-0.2, -0.15) is 0 Å². The molecule has 0 radical (unpaired) electrons. The number of hydrogen-bond donors (Lipinski definition) is 1. The molecule has 5 nitrogen and oxygen atoms in total. The predicted octanol–water partition coefficient (Wildman–Crippen LogP) is 3.55. The van der Waals surface area contributed by atoms with Crippen LogP contribution in [0.4, 0.5) is 0 Å². The summed E-state index contributed by atoms with van der Waals surface area (Å²) in [7, 11) is 0. The molecule has 0 aliphatic heterocycles. The Bertz CT molecular complexity index is 571. The molecule has 1 fully saturated rings. The maximum atomic E-state index is 12.8. The minimum Gasteiger partial charge on any atom is -0.481 e. The molecule has 0 unspecified atom stereocenters. The fourth-order valence-electron chi connectivity index (χ4n) is 3.70. The molecule has 0 aromatic carbocycles. The molecule has 1 N–H and O–H groups in total. The third-order valence-corrected chi connectivity index (χ3v) is 4.92. The molecule has 0 saturated heterocycles. The van der Waals surface area contributed by atoms with Gasteiger partial charge in [-0.15, -0.1) is 0 Å². The first-order chi connectivity index (χ1) is 11.0. The third kappa shape index (κ3) is 3.95. The summed E-state index contributed by atoms with van der Waals surface area (Å²) in [6, 6.07) is 2.47. The van der Waals surface area contributed by atoms with Crippen molar-refractivity contribution in [2.45, 2.75) is 65.3 Å². The van der Waals surface area contributed by atoms with E-state index in [1.165, 1.54) is 32.1 Å². The Hall–Kier alpha value is -1.78. The molecule has 23 heavy (non-hydrogen) atoms. The van der Waals surface area contributed by atoms with Gasteiger partial charge in [-0.3, -0.25) is 9.59 Å². The molecule has 1 aliphatic carbocycles. The maximum absolute atomic E-state index is 12.8. The first kappa shape index (κ1) is 17.6. The van der Waals surface area contributed by atoms with Gasteiger partial charge in [0.2, 0.25) is 0 Å². The van der Waals surface area contributed by atoms with Crippen molar-refractivity contribution >= 4 is 11.9 Å². The summed E-state index contributed by atoms with van der Waals surface area (Å²) in [5, 5.41) is 8.84. The first-order valence-corrected chi connectivity index (χ1v) is 8.65. The fourth-order valence-corrected chi connectivity index (χ4v) is 3.70. The zero-order valence-corrected chi connectivity index (χ0v) is 14.5. The van der Waals surface area contributed by atoms with Crippen LogP contribution >= 0.6 is 0 Å². The summed E-state index contributed by atoms with van der Waals surface area (Å²) in [5.41, 5.74) is 2.88. The molecule has 128 valence electrons. The zero-order valence-electron chi connectivity index (χ0n) is 14.5. The SMILES string of the molecule is CCN(CCC(=O)O)C(=O)c1cc(C)n(C2CCCCC2)c1C. The van der Waals surface area contributed by atoms with Crippen LogP contribution in [-0.2, 0) is 4.79 Å². The molecule has 1 aromatic rings. The molecule has 1 saturated carbocycles. The van der Waals surface area contributed by atoms with Gasteiger partial charge in [-0.1, -0.05) is 19.3 Å². The number of carboxylic acids is 1. The minimum absolute atomic E-state index is 0.0130. The van der Waals surface area contributed by atoms with Crippen LogP contribution in [-0.4, -0.2) is 39.5 Å². The second-order valence-electron chi connectivity index (χ2n) is 6.48. The number of carbonyl (C=O) groups is 2. The molecule has 0 spiro atoms. The van der Waals surface area contributed by atoms with Gasteiger partial charge in [-0.25, -0.2) is 0 Å². The van der Waals surface area contributed by atoms with Crippen LogP contribution in [0.25, 0.3) is 0 Å². The molecule has 1 amide bonds. The lowest BCUT2D eigenvalue weighted by molar-refractivity contribution is -0.137. The lowest BCUT2D eigenvalue weighted by Crippen LogP contribution is -2.33. The van der Waals surface area contributed by atoms with Gasteiger partial charge in [0.05, 0.1) is 12.0 Å². The number of carbonyl (C=O) groups excluding carboxylic acids is 1. The van der Waals surface area contributed by atoms with Crippen molar-refractivity contribution in [2.75, 3.05) is 13.1 Å². The fraction of sp³-hybridized carbons (Fsp3) is 0.667. The number of amides is 1. The van der Waals surface area contributed by atoms with Gasteiger partial charge >= 0.3 is 5.97 Å². The monoisotopic (exact) mass is 320 g/mol. The van der Waals surface area contributed by atoms with Crippen molar-refractivity contribution in [3.8, 4) is 0 Å². The van der Waals surface area contributed by atoms with Crippen LogP contribution in [0.2, 0.25) is 0 Å². The highest BCUT2D eigenvalue weighted by molar-refractivity contribution is 5.96. The first-order valence-electron chi connectivity index (χ1n) is 8.65. The van der Waals surface area contributed by atoms with E-state index in [9.17, 15) is 9.59 Å². The summed E-state index contributed by atoms with van der Waals surface area (Å²) >= 11 is 0. The second-order valence-corrected chi connectivity index (χ2v) is 6.48. The molecular formula is C18H28N2O3. The van der Waals surface area contributed by atoms with Crippen LogP contribution in [0.15, 0.2) is 6.07 Å². The molecule has 0 atom stereocenters. The van der Waals surface area contributed by atoms with E-state index in [1.807, 2.05) is 19.9 Å². The highest BCUT2D eigenvalue weighted by atomic mass is 16.4. The van der Waals surface area contributed by atoms with E-state index in [0.717, 1.165) is 17.0 Å². The number of aromatic nitrogens is 1. The second kappa shape index (κ2) is 7.66. The van der Waals surface area contributed by atoms with Crippen molar-refractivity contribution in [2.24, 2.45) is 0 Å². The van der Waals surface area contributed by atoms with E-state index in [1.54, 1.807) is 4.90 Å². The van der Waals surface area contributed by atoms with Crippen LogP contribution in [0, 0.1) is 13.8 Å². The van der Waals surface area contributed by atoms with Crippen molar-refractivity contribution in [3.05, 3.63) is 23.0 Å². The number of carboxylic acid groups (broad SMARTS) is 1. The summed E-state index contributed by atoms with van der Waals surface area (Å²) in [6.45, 7) is 6.75. The standard InChI is InChI=1S/C18H28N2O3/c1-4-19(11-10-17(21)22)18(23)16-12-13(2)20(14(16)3)15-8-6-5-7-9-15/h12,15H,4-11H2,1-3H3,(H,21,22). The molecular weight excluding hydrogens is 292 g/mol. The Balaban J connectivity index is 2.21. The quantitative estimate of drug-likeness (QED) is 0.872. The normalized spacial score (nSPS) is 15.6. The smallest absolute Gasteiger partial charge is 0.305 e. The Labute approximate surface area is 138 Å². The van der Waals surface area contributed by atoms with E-state index in [-0.39, 0.29) is 18.9 Å². The molecule has 1 aliphatic rings. The maximum Gasteiger partial charge on any atom is 0.305 e. The van der Waals surface area contributed by atoms with Crippen LogP contribution in [0.5, 0.6) is 0 Å². The number of rotatable bonds is 6. The Kier molecular flexibility index (Phi) is 5.85. The summed E-state index contributed by atoms with van der Waals surface area (Å²) in [4.78, 5) is 25.2. The van der Waals surface area contributed by atoms with Gasteiger partial charge in [0, 0.05) is 30.5 Å². The Morgan fingerprint density at radius 3 is 2.48 bits per heavy atom. The Morgan fingerprint density at radius 1 is 1.26 bits per heavy atom. The van der Waals surface area contributed by atoms with Crippen molar-refractivity contribution < 1.29 is 14.7 Å². The number of hydrogen-bond acceptors (Lipinski definition) is 2. The molecule has 0 bridgehead atoms. The lowest BCUT2D eigenvalue weighted by Gasteiger charge is -2.27. The summed E-state index contributed by atoms with van der Waals surface area (Å²) in [5.74, 6) is -0.923. The van der Waals surface area contributed by atoms with Crippen LogP contribution in [0.1, 0.15) is 73.2 Å². The van der Waals surface area contributed by atoms with Gasteiger partial charge in [0.1, 0.15) is 0 Å². The van der Waals surface area contributed by atoms with E-state index in [0.29, 0.717) is 12.6 Å². The highest BCUT2D eigenvalue weighted by Gasteiger charge is 2.24. The molecule has 5 heteroatoms. The zero-order chi connectivity index (χ0) is 17.0. The summed E-state index contributed by atoms with van der Waals surface area (Å²) in [6.07, 6.45) is 6.16. The average molecular weight is 320 g/mol. The summed E-state index contributed by atoms with van der Waals surface area (Å²) < 4.78 is 2.32. The predicted molar refractivity (Wildman–Crippen MR) is 89.9 cm³/mol. The van der Waals surface area contributed by atoms with E-state index in [2.05, 4.69) is 11.5 Å². The van der Waals surface area contributed by atoms with Crippen LogP contribution in [0.3, 0.4) is 0 Å². The van der Waals surface area contributed by atoms with E-state index in [4.69, 9.17) is 5.11 Å². The lowest BCUT2D eigenvalue weighted by atomic mass is 9.95. The highest BCUT2D eigenvalue weighted by Crippen LogP contribution is 2.32. The van der Waals surface area contributed by atoms with Gasteiger partial charge in [0.25, 0.3) is 5.91 Å². The topological polar surface area (TPSA) is 62.5 Å². The van der Waals surface area contributed by atoms with Gasteiger partial charge in [-0.05, 0) is 39.7 Å². The Morgan fingerprint density at radius 2 is 1.91 bits per heavy atom. The number of aliphatic carboxylic acids is 1. The average Bonchev–Trinajstić information content (AvgIpc) is 2.83. The number of aryl methyl sites for hydroxylation is 1. The van der Waals surface area contributed by atoms with Crippen molar-refractivity contribution in [1.29, 1.82) is 0 Å². The largest absolute Gasteiger partial charge is 0.481 e. The van der Waals surface area contributed by atoms with Crippen molar-refractivity contribution in [1.82, 2.24) is 9.47 Å². The number of nitrogens with zero attached hydrogens (tertiary/aromatic N) is 2. The molecule has 2 rings (SSSR count). The van der Waals surface area contributed by atoms with Crippen LogP contribution < -0.4 is 0 Å². The third-order valence-electron chi connectivity index (χ3n) is 4.92.